The number of hydrogen-bond acceptors (Lipinski definition) is 1. The molecule has 14 heavy (non-hydrogen) atoms. The van der Waals surface area contributed by atoms with Gasteiger partial charge < -0.3 is 0 Å². The Morgan fingerprint density at radius 1 is 1.14 bits per heavy atom. The smallest absolute Gasteiger partial charge is 0.158 e. The molecule has 0 amide bonds. The van der Waals surface area contributed by atoms with Gasteiger partial charge in [-0.25, -0.2) is 0 Å². The van der Waals surface area contributed by atoms with Crippen molar-refractivity contribution in [2.75, 3.05) is 5.88 Å². The van der Waals surface area contributed by atoms with Gasteiger partial charge in [0, 0.05) is 12.3 Å². The molecule has 2 heteroatoms. The summed E-state index contributed by atoms with van der Waals surface area (Å²) in [7, 11) is 0. The number of Topliss-reactive ketones (excluding diaryl/α,β-unsaturated/α-hetero) is 1. The Labute approximate surface area is 91.5 Å². The Hall–Kier alpha value is -0.300. The van der Waals surface area contributed by atoms with Crippen molar-refractivity contribution in [3.05, 3.63) is 11.6 Å². The normalized spacial score (nSPS) is 16.1. The number of ketones is 1. The maximum absolute atomic E-state index is 11.3. The minimum atomic E-state index is 0.380. The molecule has 0 aliphatic heterocycles. The fraction of sp³-hybridized carbons (Fsp3) is 0.750. The van der Waals surface area contributed by atoms with Crippen LogP contribution in [-0.2, 0) is 4.79 Å². The van der Waals surface area contributed by atoms with Crippen molar-refractivity contribution in [1.82, 2.24) is 0 Å². The second-order valence-corrected chi connectivity index (χ2v) is 4.28. The highest BCUT2D eigenvalue weighted by Crippen LogP contribution is 2.20. The first kappa shape index (κ1) is 11.8. The second-order valence-electron chi connectivity index (χ2n) is 3.90. The standard InChI is InChI=1S/C12H19ClO/c13-10-5-3-1-2-4-7-11-8-6-9-12(11)14/h8H,1-7,9-10H2. The maximum atomic E-state index is 11.3. The van der Waals surface area contributed by atoms with Crippen molar-refractivity contribution in [3.8, 4) is 0 Å². The van der Waals surface area contributed by atoms with E-state index in [1.54, 1.807) is 0 Å². The number of hydrogen-bond donors (Lipinski definition) is 0. The molecule has 0 radical (unpaired) electrons. The summed E-state index contributed by atoms with van der Waals surface area (Å²) in [6.07, 6.45) is 10.9. The predicted molar refractivity (Wildman–Crippen MR) is 60.7 cm³/mol. The lowest BCUT2D eigenvalue weighted by molar-refractivity contribution is -0.115. The van der Waals surface area contributed by atoms with E-state index in [4.69, 9.17) is 11.6 Å². The SMILES string of the molecule is O=C1CCC=C1CCCCCCCCl. The second kappa shape index (κ2) is 7.05. The summed E-state index contributed by atoms with van der Waals surface area (Å²) in [6, 6.07) is 0. The molecule has 1 nitrogen and oxygen atoms in total. The molecular formula is C12H19ClO. The molecule has 0 aromatic rings. The lowest BCUT2D eigenvalue weighted by Crippen LogP contribution is -1.95. The largest absolute Gasteiger partial charge is 0.295 e. The number of carbonyl (C=O) groups excluding carboxylic acids is 1. The molecule has 0 heterocycles. The molecule has 0 bridgehead atoms. The molecule has 0 saturated carbocycles. The van der Waals surface area contributed by atoms with Crippen LogP contribution in [-0.4, -0.2) is 11.7 Å². The van der Waals surface area contributed by atoms with E-state index in [0.717, 1.165) is 37.1 Å². The molecule has 0 unspecified atom stereocenters. The van der Waals surface area contributed by atoms with Crippen LogP contribution in [0.1, 0.15) is 51.4 Å². The van der Waals surface area contributed by atoms with Crippen molar-refractivity contribution in [2.45, 2.75) is 51.4 Å². The molecule has 80 valence electrons. The molecule has 0 N–H and O–H groups in total. The molecule has 0 saturated heterocycles. The van der Waals surface area contributed by atoms with Crippen molar-refractivity contribution in [1.29, 1.82) is 0 Å². The number of allylic oxidation sites excluding steroid dienone is 2. The molecule has 1 aliphatic rings. The van der Waals surface area contributed by atoms with Gasteiger partial charge in [-0.15, -0.1) is 11.6 Å². The Balaban J connectivity index is 1.96. The van der Waals surface area contributed by atoms with Crippen LogP contribution in [0, 0.1) is 0 Å². The summed E-state index contributed by atoms with van der Waals surface area (Å²) in [6.45, 7) is 0. The first-order chi connectivity index (χ1) is 6.84. The van der Waals surface area contributed by atoms with Crippen molar-refractivity contribution >= 4 is 17.4 Å². The van der Waals surface area contributed by atoms with Gasteiger partial charge in [0.15, 0.2) is 5.78 Å². The van der Waals surface area contributed by atoms with Gasteiger partial charge >= 0.3 is 0 Å². The fourth-order valence-electron chi connectivity index (χ4n) is 1.83. The highest BCUT2D eigenvalue weighted by Gasteiger charge is 2.13. The maximum Gasteiger partial charge on any atom is 0.158 e. The summed E-state index contributed by atoms with van der Waals surface area (Å²) in [5, 5.41) is 0. The predicted octanol–water partition coefficient (Wildman–Crippen LogP) is 3.86. The average molecular weight is 215 g/mol. The van der Waals surface area contributed by atoms with E-state index in [1.165, 1.54) is 25.7 Å². The third kappa shape index (κ3) is 4.28. The van der Waals surface area contributed by atoms with Crippen molar-refractivity contribution < 1.29 is 4.79 Å². The van der Waals surface area contributed by atoms with Crippen molar-refractivity contribution in [3.63, 3.8) is 0 Å². The first-order valence-corrected chi connectivity index (χ1v) is 6.16. The molecule has 0 aromatic heterocycles. The Bertz CT molecular complexity index is 208. The number of alkyl halides is 1. The lowest BCUT2D eigenvalue weighted by atomic mass is 10.0. The summed E-state index contributed by atoms with van der Waals surface area (Å²) in [4.78, 5) is 11.3. The van der Waals surface area contributed by atoms with Crippen LogP contribution in [0.15, 0.2) is 11.6 Å². The van der Waals surface area contributed by atoms with Gasteiger partial charge in [-0.1, -0.05) is 25.3 Å². The van der Waals surface area contributed by atoms with Crippen molar-refractivity contribution in [2.24, 2.45) is 0 Å². The van der Waals surface area contributed by atoms with E-state index in [9.17, 15) is 4.79 Å². The van der Waals surface area contributed by atoms with Gasteiger partial charge in [-0.05, 0) is 31.3 Å². The zero-order chi connectivity index (χ0) is 10.2. The van der Waals surface area contributed by atoms with E-state index in [0.29, 0.717) is 5.78 Å². The van der Waals surface area contributed by atoms with Crippen LogP contribution < -0.4 is 0 Å². The van der Waals surface area contributed by atoms with E-state index < -0.39 is 0 Å². The highest BCUT2D eigenvalue weighted by molar-refractivity contribution is 6.17. The average Bonchev–Trinajstić information content (AvgIpc) is 2.58. The van der Waals surface area contributed by atoms with Gasteiger partial charge in [0.1, 0.15) is 0 Å². The number of unbranched alkanes of at least 4 members (excludes halogenated alkanes) is 4. The molecule has 0 aromatic carbocycles. The van der Waals surface area contributed by atoms with Gasteiger partial charge in [-0.2, -0.15) is 0 Å². The zero-order valence-electron chi connectivity index (χ0n) is 8.73. The Kier molecular flexibility index (Phi) is 5.93. The van der Waals surface area contributed by atoms with Gasteiger partial charge in [-0.3, -0.25) is 4.79 Å². The summed E-state index contributed by atoms with van der Waals surface area (Å²) in [5.41, 5.74) is 1.09. The Morgan fingerprint density at radius 3 is 2.50 bits per heavy atom. The quantitative estimate of drug-likeness (QED) is 0.465. The number of halogens is 1. The van der Waals surface area contributed by atoms with E-state index in [-0.39, 0.29) is 0 Å². The third-order valence-corrected chi connectivity index (χ3v) is 2.97. The summed E-state index contributed by atoms with van der Waals surface area (Å²) < 4.78 is 0. The van der Waals surface area contributed by atoms with E-state index in [1.807, 2.05) is 0 Å². The molecule has 0 fully saturated rings. The Morgan fingerprint density at radius 2 is 1.86 bits per heavy atom. The third-order valence-electron chi connectivity index (χ3n) is 2.70. The van der Waals surface area contributed by atoms with E-state index in [2.05, 4.69) is 6.08 Å². The number of rotatable bonds is 7. The van der Waals surface area contributed by atoms with E-state index >= 15 is 0 Å². The monoisotopic (exact) mass is 214 g/mol. The summed E-state index contributed by atoms with van der Waals surface area (Å²) >= 11 is 5.58. The fourth-order valence-corrected chi connectivity index (χ4v) is 2.02. The van der Waals surface area contributed by atoms with Crippen LogP contribution in [0.4, 0.5) is 0 Å². The number of carbonyl (C=O) groups is 1. The van der Waals surface area contributed by atoms with Crippen LogP contribution in [0.25, 0.3) is 0 Å². The molecule has 1 aliphatic carbocycles. The zero-order valence-corrected chi connectivity index (χ0v) is 9.48. The van der Waals surface area contributed by atoms with Crippen LogP contribution >= 0.6 is 11.6 Å². The highest BCUT2D eigenvalue weighted by atomic mass is 35.5. The molecule has 0 atom stereocenters. The lowest BCUT2D eigenvalue weighted by Gasteiger charge is -2.01. The van der Waals surface area contributed by atoms with Gasteiger partial charge in [0.05, 0.1) is 0 Å². The van der Waals surface area contributed by atoms with Crippen LogP contribution in [0.5, 0.6) is 0 Å². The first-order valence-electron chi connectivity index (χ1n) is 5.63. The summed E-state index contributed by atoms with van der Waals surface area (Å²) in [5.74, 6) is 1.16. The topological polar surface area (TPSA) is 17.1 Å². The molecule has 1 rings (SSSR count). The van der Waals surface area contributed by atoms with Crippen LogP contribution in [0.3, 0.4) is 0 Å². The minimum absolute atomic E-state index is 0.380. The molecule has 0 spiro atoms. The van der Waals surface area contributed by atoms with Gasteiger partial charge in [0.2, 0.25) is 0 Å². The van der Waals surface area contributed by atoms with Gasteiger partial charge in [0.25, 0.3) is 0 Å². The molecular weight excluding hydrogens is 196 g/mol. The van der Waals surface area contributed by atoms with Crippen LogP contribution in [0.2, 0.25) is 0 Å². The minimum Gasteiger partial charge on any atom is -0.295 e.